The molecule has 0 bridgehead atoms. The lowest BCUT2D eigenvalue weighted by molar-refractivity contribution is 0.0478. The van der Waals surface area contributed by atoms with Crippen molar-refractivity contribution in [1.82, 2.24) is 0 Å². The number of halogens is 2. The summed E-state index contributed by atoms with van der Waals surface area (Å²) in [6, 6.07) is 14.3. The van der Waals surface area contributed by atoms with Crippen molar-refractivity contribution in [2.45, 2.75) is 6.61 Å². The summed E-state index contributed by atoms with van der Waals surface area (Å²) in [7, 11) is 0. The van der Waals surface area contributed by atoms with E-state index in [0.29, 0.717) is 26.0 Å². The molecular formula is C17H9Cl2NO2S. The summed E-state index contributed by atoms with van der Waals surface area (Å²) in [4.78, 5) is 12.6. The molecule has 0 saturated carbocycles. The number of fused-ring (bicyclic) bond motifs is 1. The van der Waals surface area contributed by atoms with E-state index in [4.69, 9.17) is 33.2 Å². The Balaban J connectivity index is 1.84. The number of benzene rings is 2. The number of nitrogens with zero attached hydrogens (tertiary/aromatic N) is 1. The largest absolute Gasteiger partial charge is 0.457 e. The third kappa shape index (κ3) is 3.18. The highest BCUT2D eigenvalue weighted by molar-refractivity contribution is 7.21. The summed E-state index contributed by atoms with van der Waals surface area (Å²) >= 11 is 13.4. The van der Waals surface area contributed by atoms with Gasteiger partial charge >= 0.3 is 5.97 Å². The Morgan fingerprint density at radius 2 is 2.00 bits per heavy atom. The number of hydrogen-bond donors (Lipinski definition) is 0. The van der Waals surface area contributed by atoms with Crippen LogP contribution in [0.2, 0.25) is 10.0 Å². The van der Waals surface area contributed by atoms with E-state index in [9.17, 15) is 4.79 Å². The van der Waals surface area contributed by atoms with Gasteiger partial charge < -0.3 is 4.74 Å². The molecule has 1 heterocycles. The first-order chi connectivity index (χ1) is 11.1. The Morgan fingerprint density at radius 1 is 1.22 bits per heavy atom. The van der Waals surface area contributed by atoms with Crippen LogP contribution in [0.25, 0.3) is 10.1 Å². The molecule has 0 aliphatic heterocycles. The van der Waals surface area contributed by atoms with Crippen LogP contribution < -0.4 is 0 Å². The van der Waals surface area contributed by atoms with E-state index < -0.39 is 5.97 Å². The third-order valence-electron chi connectivity index (χ3n) is 3.27. The van der Waals surface area contributed by atoms with Crippen LogP contribution in [0.3, 0.4) is 0 Å². The predicted molar refractivity (Wildman–Crippen MR) is 92.1 cm³/mol. The van der Waals surface area contributed by atoms with Crippen molar-refractivity contribution >= 4 is 50.6 Å². The number of carbonyl (C=O) groups is 1. The molecule has 3 aromatic rings. The van der Waals surface area contributed by atoms with E-state index in [1.807, 2.05) is 0 Å². The smallest absolute Gasteiger partial charge is 0.350 e. The minimum atomic E-state index is -0.514. The van der Waals surface area contributed by atoms with E-state index in [1.165, 1.54) is 11.3 Å². The minimum Gasteiger partial charge on any atom is -0.457 e. The van der Waals surface area contributed by atoms with Gasteiger partial charge in [0.15, 0.2) is 0 Å². The zero-order chi connectivity index (χ0) is 16.4. The highest BCUT2D eigenvalue weighted by Gasteiger charge is 2.19. The lowest BCUT2D eigenvalue weighted by Crippen LogP contribution is -2.04. The SMILES string of the molecule is N#Cc1ccccc1COC(=O)c1sc2cc(Cl)ccc2c1Cl. The molecular weight excluding hydrogens is 353 g/mol. The van der Waals surface area contributed by atoms with E-state index in [0.717, 1.165) is 10.1 Å². The van der Waals surface area contributed by atoms with E-state index in [-0.39, 0.29) is 6.61 Å². The number of carbonyl (C=O) groups excluding carboxylic acids is 1. The van der Waals surface area contributed by atoms with Crippen LogP contribution in [-0.2, 0) is 11.3 Å². The molecule has 0 aliphatic rings. The highest BCUT2D eigenvalue weighted by atomic mass is 35.5. The highest BCUT2D eigenvalue weighted by Crippen LogP contribution is 2.37. The second-order valence-corrected chi connectivity index (χ2v) is 6.60. The Morgan fingerprint density at radius 3 is 2.78 bits per heavy atom. The second-order valence-electron chi connectivity index (χ2n) is 4.73. The summed E-state index contributed by atoms with van der Waals surface area (Å²) < 4.78 is 6.13. The monoisotopic (exact) mass is 361 g/mol. The predicted octanol–water partition coefficient (Wildman–Crippen LogP) is 5.44. The van der Waals surface area contributed by atoms with E-state index >= 15 is 0 Å². The van der Waals surface area contributed by atoms with Crippen molar-refractivity contribution in [3.05, 3.63) is 68.5 Å². The number of ether oxygens (including phenoxy) is 1. The fraction of sp³-hybridized carbons (Fsp3) is 0.0588. The molecule has 3 nitrogen and oxygen atoms in total. The van der Waals surface area contributed by atoms with Crippen molar-refractivity contribution in [2.75, 3.05) is 0 Å². The van der Waals surface area contributed by atoms with Gasteiger partial charge in [0, 0.05) is 20.7 Å². The van der Waals surface area contributed by atoms with Crippen molar-refractivity contribution in [2.24, 2.45) is 0 Å². The van der Waals surface area contributed by atoms with Crippen molar-refractivity contribution in [1.29, 1.82) is 5.26 Å². The first-order valence-electron chi connectivity index (χ1n) is 6.63. The topological polar surface area (TPSA) is 50.1 Å². The first kappa shape index (κ1) is 15.8. The average Bonchev–Trinajstić information content (AvgIpc) is 2.89. The lowest BCUT2D eigenvalue weighted by Gasteiger charge is -2.05. The minimum absolute atomic E-state index is 0.0217. The molecule has 0 N–H and O–H groups in total. The fourth-order valence-electron chi connectivity index (χ4n) is 2.13. The normalized spacial score (nSPS) is 10.5. The maximum atomic E-state index is 12.3. The van der Waals surface area contributed by atoms with E-state index in [1.54, 1.807) is 42.5 Å². The van der Waals surface area contributed by atoms with Gasteiger partial charge in [0.05, 0.1) is 16.7 Å². The molecule has 3 rings (SSSR count). The van der Waals surface area contributed by atoms with Crippen molar-refractivity contribution < 1.29 is 9.53 Å². The van der Waals surface area contributed by atoms with Gasteiger partial charge in [-0.1, -0.05) is 47.5 Å². The Bertz CT molecular complexity index is 943. The molecule has 23 heavy (non-hydrogen) atoms. The van der Waals surface area contributed by atoms with Crippen LogP contribution in [0.15, 0.2) is 42.5 Å². The number of hydrogen-bond acceptors (Lipinski definition) is 4. The summed E-state index contributed by atoms with van der Waals surface area (Å²) in [6.07, 6.45) is 0. The van der Waals surface area contributed by atoms with Gasteiger partial charge in [-0.25, -0.2) is 4.79 Å². The molecule has 2 aromatic carbocycles. The van der Waals surface area contributed by atoms with Gasteiger partial charge in [0.2, 0.25) is 0 Å². The second kappa shape index (κ2) is 6.59. The molecule has 0 saturated heterocycles. The molecule has 0 radical (unpaired) electrons. The number of rotatable bonds is 3. The molecule has 0 unspecified atom stereocenters. The maximum absolute atomic E-state index is 12.3. The zero-order valence-corrected chi connectivity index (χ0v) is 14.0. The standard InChI is InChI=1S/C17H9Cl2NO2S/c18-12-5-6-13-14(7-12)23-16(15(13)19)17(21)22-9-11-4-2-1-3-10(11)8-20/h1-7H,9H2. The number of nitriles is 1. The van der Waals surface area contributed by atoms with Gasteiger partial charge in [0.1, 0.15) is 11.5 Å². The lowest BCUT2D eigenvalue weighted by atomic mass is 10.1. The molecule has 0 amide bonds. The average molecular weight is 362 g/mol. The van der Waals surface area contributed by atoms with Crippen molar-refractivity contribution in [3.63, 3.8) is 0 Å². The maximum Gasteiger partial charge on any atom is 0.350 e. The van der Waals surface area contributed by atoms with E-state index in [2.05, 4.69) is 6.07 Å². The van der Waals surface area contributed by atoms with Crippen molar-refractivity contribution in [3.8, 4) is 6.07 Å². The van der Waals surface area contributed by atoms with Gasteiger partial charge in [0.25, 0.3) is 0 Å². The van der Waals surface area contributed by atoms with Gasteiger partial charge in [-0.3, -0.25) is 0 Å². The number of esters is 1. The summed E-state index contributed by atoms with van der Waals surface area (Å²) in [5.41, 5.74) is 1.14. The van der Waals surface area contributed by atoms with Gasteiger partial charge in [-0.2, -0.15) is 5.26 Å². The molecule has 0 fully saturated rings. The third-order valence-corrected chi connectivity index (χ3v) is 5.15. The van der Waals surface area contributed by atoms with Crippen LogP contribution in [0.4, 0.5) is 0 Å². The Kier molecular flexibility index (Phi) is 4.53. The molecule has 114 valence electrons. The first-order valence-corrected chi connectivity index (χ1v) is 8.20. The van der Waals surface area contributed by atoms with Crippen LogP contribution in [0, 0.1) is 11.3 Å². The van der Waals surface area contributed by atoms with Crippen LogP contribution in [0.1, 0.15) is 20.8 Å². The molecule has 0 spiro atoms. The zero-order valence-electron chi connectivity index (χ0n) is 11.7. The number of thiophene rings is 1. The summed E-state index contributed by atoms with van der Waals surface area (Å²) in [5, 5.41) is 10.8. The Labute approximate surface area is 146 Å². The summed E-state index contributed by atoms with van der Waals surface area (Å²) in [5.74, 6) is -0.514. The quantitative estimate of drug-likeness (QED) is 0.583. The Hall–Kier alpha value is -2.06. The van der Waals surface area contributed by atoms with Crippen LogP contribution >= 0.6 is 34.5 Å². The van der Waals surface area contributed by atoms with Gasteiger partial charge in [-0.05, 0) is 18.2 Å². The molecule has 1 aromatic heterocycles. The molecule has 0 aliphatic carbocycles. The fourth-order valence-corrected chi connectivity index (χ4v) is 3.81. The van der Waals surface area contributed by atoms with Crippen LogP contribution in [-0.4, -0.2) is 5.97 Å². The molecule has 6 heteroatoms. The van der Waals surface area contributed by atoms with Crippen LogP contribution in [0.5, 0.6) is 0 Å². The van der Waals surface area contributed by atoms with Gasteiger partial charge in [-0.15, -0.1) is 11.3 Å². The summed E-state index contributed by atoms with van der Waals surface area (Å²) in [6.45, 7) is 0.0217. The molecule has 0 atom stereocenters.